The molecule has 1 aliphatic carbocycles. The lowest BCUT2D eigenvalue weighted by Gasteiger charge is -2.33. The molecule has 0 atom stereocenters. The third kappa shape index (κ3) is 5.47. The van der Waals surface area contributed by atoms with E-state index >= 15 is 0 Å². The molecule has 192 valence electrons. The maximum Gasteiger partial charge on any atom is 0.254 e. The number of hydrogen-bond donors (Lipinski definition) is 1. The predicted molar refractivity (Wildman–Crippen MR) is 145 cm³/mol. The number of piperidine rings is 1. The van der Waals surface area contributed by atoms with Gasteiger partial charge in [-0.05, 0) is 86.3 Å². The monoisotopic (exact) mass is 496 g/mol. The summed E-state index contributed by atoms with van der Waals surface area (Å²) in [6, 6.07) is 14.4. The molecule has 1 saturated heterocycles. The van der Waals surface area contributed by atoms with Crippen LogP contribution < -0.4 is 0 Å². The second-order valence-electron chi connectivity index (χ2n) is 10.4. The zero-order valence-corrected chi connectivity index (χ0v) is 21.9. The highest BCUT2D eigenvalue weighted by molar-refractivity contribution is 5.97. The van der Waals surface area contributed by atoms with Gasteiger partial charge in [0.2, 0.25) is 0 Å². The average Bonchev–Trinajstić information content (AvgIpc) is 3.36. The van der Waals surface area contributed by atoms with Crippen LogP contribution in [0.5, 0.6) is 0 Å². The molecule has 2 heterocycles. The number of ether oxygens (including phenoxy) is 1. The number of nitrogens with one attached hydrogen (secondary N) is 1. The number of carbonyl (C=O) groups excluding carboxylic acids is 1. The van der Waals surface area contributed by atoms with E-state index in [0.29, 0.717) is 30.6 Å². The second-order valence-corrected chi connectivity index (χ2v) is 10.4. The van der Waals surface area contributed by atoms with Crippen molar-refractivity contribution in [3.63, 3.8) is 0 Å². The van der Waals surface area contributed by atoms with Crippen LogP contribution in [0, 0.1) is 18.3 Å². The summed E-state index contributed by atoms with van der Waals surface area (Å²) in [4.78, 5) is 23.8. The molecule has 0 unspecified atom stereocenters. The number of amides is 1. The van der Waals surface area contributed by atoms with E-state index in [-0.39, 0.29) is 5.91 Å². The largest absolute Gasteiger partial charge is 0.381 e. The zero-order chi connectivity index (χ0) is 25.8. The van der Waals surface area contributed by atoms with Crippen LogP contribution >= 0.6 is 0 Å². The first kappa shape index (κ1) is 25.2. The summed E-state index contributed by atoms with van der Waals surface area (Å²) in [5.74, 6) is 2.01. The number of imidazole rings is 1. The summed E-state index contributed by atoms with van der Waals surface area (Å²) in [6.45, 7) is 6.91. The van der Waals surface area contributed by atoms with Gasteiger partial charge in [0, 0.05) is 37.2 Å². The smallest absolute Gasteiger partial charge is 0.254 e. The molecule has 0 spiro atoms. The lowest BCUT2D eigenvalue weighted by atomic mass is 9.76. The van der Waals surface area contributed by atoms with Crippen LogP contribution in [0.15, 0.2) is 42.6 Å². The fraction of sp³-hybridized carbons (Fsp3) is 0.452. The highest BCUT2D eigenvalue weighted by Crippen LogP contribution is 2.42. The fourth-order valence-corrected chi connectivity index (χ4v) is 5.61. The number of rotatable bonds is 8. The third-order valence-corrected chi connectivity index (χ3v) is 8.07. The molecule has 1 amide bonds. The minimum atomic E-state index is 0.119. The van der Waals surface area contributed by atoms with E-state index in [2.05, 4.69) is 47.2 Å². The molecule has 2 aromatic carbocycles. The molecule has 6 heteroatoms. The molecule has 37 heavy (non-hydrogen) atoms. The van der Waals surface area contributed by atoms with Crippen molar-refractivity contribution in [1.29, 1.82) is 5.26 Å². The van der Waals surface area contributed by atoms with Gasteiger partial charge in [0.25, 0.3) is 5.91 Å². The summed E-state index contributed by atoms with van der Waals surface area (Å²) in [6.07, 6.45) is 8.20. The van der Waals surface area contributed by atoms with Gasteiger partial charge in [-0.3, -0.25) is 4.79 Å². The first-order chi connectivity index (χ1) is 18.1. The minimum absolute atomic E-state index is 0.119. The predicted octanol–water partition coefficient (Wildman–Crippen LogP) is 6.12. The van der Waals surface area contributed by atoms with Crippen molar-refractivity contribution in [2.24, 2.45) is 0 Å². The normalized spacial score (nSPS) is 16.4. The van der Waals surface area contributed by atoms with Crippen molar-refractivity contribution in [2.75, 3.05) is 26.3 Å². The van der Waals surface area contributed by atoms with Crippen LogP contribution in [0.2, 0.25) is 0 Å². The molecule has 6 nitrogen and oxygen atoms in total. The number of likely N-dealkylation sites (tertiary alicyclic amines) is 1. The quantitative estimate of drug-likeness (QED) is 0.381. The number of aromatic amines is 1. The number of H-pyrrole nitrogens is 1. The maximum absolute atomic E-state index is 13.7. The lowest BCUT2D eigenvalue weighted by Crippen LogP contribution is -2.38. The molecule has 1 aliphatic heterocycles. The molecule has 1 aromatic heterocycles. The van der Waals surface area contributed by atoms with Gasteiger partial charge in [-0.15, -0.1) is 0 Å². The fourth-order valence-electron chi connectivity index (χ4n) is 5.61. The topological polar surface area (TPSA) is 82.0 Å². The van der Waals surface area contributed by atoms with Crippen molar-refractivity contribution < 1.29 is 9.53 Å². The van der Waals surface area contributed by atoms with Crippen LogP contribution in [0.1, 0.15) is 89.3 Å². The lowest BCUT2D eigenvalue weighted by molar-refractivity contribution is 0.0712. The number of aromatic nitrogens is 2. The van der Waals surface area contributed by atoms with Crippen molar-refractivity contribution in [3.05, 3.63) is 76.2 Å². The number of aryl methyl sites for hydroxylation is 1. The third-order valence-electron chi connectivity index (χ3n) is 8.07. The standard InChI is InChI=1S/C31H36N4O2/c1-3-37-16-13-30-33-20-29(34-30)28-18-26(21(2)17-27(28)25-5-4-6-25)31(36)35-14-11-24(12-15-35)23-9-7-22(19-32)8-10-23/h7-10,17-18,20,24-25H,3-6,11-16H2,1-2H3,(H,33,34). The molecule has 5 rings (SSSR count). The number of benzene rings is 2. The molecule has 0 radical (unpaired) electrons. The van der Waals surface area contributed by atoms with Crippen LogP contribution in [-0.4, -0.2) is 47.1 Å². The molecule has 2 aliphatic rings. The van der Waals surface area contributed by atoms with Crippen molar-refractivity contribution >= 4 is 5.91 Å². The Hall–Kier alpha value is -3.43. The van der Waals surface area contributed by atoms with Crippen LogP contribution in [0.3, 0.4) is 0 Å². The van der Waals surface area contributed by atoms with E-state index in [9.17, 15) is 4.79 Å². The van der Waals surface area contributed by atoms with E-state index in [1.165, 1.54) is 30.4 Å². The van der Waals surface area contributed by atoms with Gasteiger partial charge >= 0.3 is 0 Å². The Balaban J connectivity index is 1.34. The van der Waals surface area contributed by atoms with Crippen molar-refractivity contribution in [2.45, 2.75) is 64.2 Å². The molecule has 3 aromatic rings. The van der Waals surface area contributed by atoms with Crippen LogP contribution in [0.4, 0.5) is 0 Å². The van der Waals surface area contributed by atoms with Gasteiger partial charge in [-0.25, -0.2) is 4.98 Å². The van der Waals surface area contributed by atoms with Gasteiger partial charge in [-0.1, -0.05) is 24.6 Å². The minimum Gasteiger partial charge on any atom is -0.381 e. The van der Waals surface area contributed by atoms with Gasteiger partial charge in [0.15, 0.2) is 0 Å². The summed E-state index contributed by atoms with van der Waals surface area (Å²) in [5.41, 5.74) is 7.23. The zero-order valence-electron chi connectivity index (χ0n) is 21.9. The summed E-state index contributed by atoms with van der Waals surface area (Å²) >= 11 is 0. The maximum atomic E-state index is 13.7. The highest BCUT2D eigenvalue weighted by atomic mass is 16.5. The van der Waals surface area contributed by atoms with Crippen molar-refractivity contribution in [1.82, 2.24) is 14.9 Å². The Morgan fingerprint density at radius 2 is 1.89 bits per heavy atom. The van der Waals surface area contributed by atoms with Crippen molar-refractivity contribution in [3.8, 4) is 17.3 Å². The summed E-state index contributed by atoms with van der Waals surface area (Å²) < 4.78 is 5.50. The second kappa shape index (κ2) is 11.3. The Morgan fingerprint density at radius 3 is 2.54 bits per heavy atom. The number of carbonyl (C=O) groups is 1. The molecule has 2 fully saturated rings. The SMILES string of the molecule is CCOCCc1ncc(-c2cc(C(=O)N3CCC(c4ccc(C#N)cc4)CC3)c(C)cc2C2CCC2)[nH]1. The first-order valence-corrected chi connectivity index (χ1v) is 13.6. The number of hydrogen-bond acceptors (Lipinski definition) is 4. The Labute approximate surface area is 219 Å². The van der Waals surface area contributed by atoms with Gasteiger partial charge < -0.3 is 14.6 Å². The molecule has 0 bridgehead atoms. The van der Waals surface area contributed by atoms with E-state index in [0.717, 1.165) is 60.6 Å². The Morgan fingerprint density at radius 1 is 1.14 bits per heavy atom. The van der Waals surface area contributed by atoms with Gasteiger partial charge in [0.05, 0.1) is 30.1 Å². The average molecular weight is 497 g/mol. The van der Waals surface area contributed by atoms with Crippen LogP contribution in [0.25, 0.3) is 11.3 Å². The van der Waals surface area contributed by atoms with E-state index in [4.69, 9.17) is 10.00 Å². The Bertz CT molecular complexity index is 1280. The van der Waals surface area contributed by atoms with Gasteiger partial charge in [0.1, 0.15) is 5.82 Å². The highest BCUT2D eigenvalue weighted by Gasteiger charge is 2.29. The number of nitrogens with zero attached hydrogens (tertiary/aromatic N) is 3. The van der Waals surface area contributed by atoms with Crippen LogP contribution in [-0.2, 0) is 11.2 Å². The summed E-state index contributed by atoms with van der Waals surface area (Å²) in [7, 11) is 0. The van der Waals surface area contributed by atoms with E-state index < -0.39 is 0 Å². The molecule has 1 N–H and O–H groups in total. The molecule has 1 saturated carbocycles. The molecular weight excluding hydrogens is 460 g/mol. The van der Waals surface area contributed by atoms with Gasteiger partial charge in [-0.2, -0.15) is 5.26 Å². The van der Waals surface area contributed by atoms with E-state index in [1.807, 2.05) is 30.2 Å². The number of nitriles is 1. The molecular formula is C31H36N4O2. The first-order valence-electron chi connectivity index (χ1n) is 13.6. The Kier molecular flexibility index (Phi) is 7.71. The summed E-state index contributed by atoms with van der Waals surface area (Å²) in [5, 5.41) is 9.06. The van der Waals surface area contributed by atoms with E-state index in [1.54, 1.807) is 0 Å².